The van der Waals surface area contributed by atoms with Crippen molar-refractivity contribution in [2.45, 2.75) is 12.8 Å². The molecule has 78 valence electrons. The van der Waals surface area contributed by atoms with Gasteiger partial charge in [0.25, 0.3) is 0 Å². The molecule has 2 aliphatic heterocycles. The van der Waals surface area contributed by atoms with E-state index in [1.807, 2.05) is 30.5 Å². The molecular formula is C11H14BNO2. The predicted octanol–water partition coefficient (Wildman–Crippen LogP) is 0.988. The number of hydrogen-bond acceptors (Lipinski definition) is 3. The fourth-order valence-corrected chi connectivity index (χ4v) is 1.83. The molecule has 0 unspecified atom stereocenters. The highest BCUT2D eigenvalue weighted by Crippen LogP contribution is 2.21. The third kappa shape index (κ3) is 2.22. The molecule has 0 saturated carbocycles. The van der Waals surface area contributed by atoms with E-state index in [0.29, 0.717) is 5.47 Å². The smallest absolute Gasteiger partial charge is 0.423 e. The minimum Gasteiger partial charge on any atom is -0.423 e. The molecule has 3 nitrogen and oxygen atoms in total. The van der Waals surface area contributed by atoms with Gasteiger partial charge in [0.2, 0.25) is 0 Å². The van der Waals surface area contributed by atoms with Crippen molar-refractivity contribution < 1.29 is 10.0 Å². The Balaban J connectivity index is 2.41. The molecule has 4 heteroatoms. The van der Waals surface area contributed by atoms with Crippen LogP contribution in [0.4, 0.5) is 0 Å². The summed E-state index contributed by atoms with van der Waals surface area (Å²) in [5, 5.41) is 18.6. The molecule has 0 saturated heterocycles. The van der Waals surface area contributed by atoms with Gasteiger partial charge >= 0.3 is 7.12 Å². The minimum absolute atomic E-state index is 0.565. The Hall–Kier alpha value is -1.26. The molecule has 2 N–H and O–H groups in total. The van der Waals surface area contributed by atoms with Crippen molar-refractivity contribution in [3.05, 3.63) is 47.7 Å². The van der Waals surface area contributed by atoms with Gasteiger partial charge in [-0.1, -0.05) is 18.2 Å². The minimum atomic E-state index is -1.41. The Labute approximate surface area is 89.9 Å². The van der Waals surface area contributed by atoms with E-state index in [1.165, 1.54) is 0 Å². The normalized spacial score (nSPS) is 26.9. The molecule has 0 aliphatic carbocycles. The summed E-state index contributed by atoms with van der Waals surface area (Å²) < 4.78 is 0. The summed E-state index contributed by atoms with van der Waals surface area (Å²) in [5.74, 6) is 0. The third-order valence-electron chi connectivity index (χ3n) is 2.58. The second-order valence-corrected chi connectivity index (χ2v) is 3.65. The molecule has 0 radical (unpaired) electrons. The Kier molecular flexibility index (Phi) is 3.09. The number of fused-ring (bicyclic) bond motifs is 1. The highest BCUT2D eigenvalue weighted by molar-refractivity contribution is 6.52. The highest BCUT2D eigenvalue weighted by Gasteiger charge is 2.20. The fourth-order valence-electron chi connectivity index (χ4n) is 1.83. The van der Waals surface area contributed by atoms with Crippen LogP contribution in [0.5, 0.6) is 0 Å². The molecule has 0 aromatic carbocycles. The summed E-state index contributed by atoms with van der Waals surface area (Å²) in [5.41, 5.74) is 1.44. The van der Waals surface area contributed by atoms with Gasteiger partial charge in [-0.15, -0.1) is 0 Å². The topological polar surface area (TPSA) is 43.7 Å². The Bertz CT molecular complexity index is 356. The van der Waals surface area contributed by atoms with Crippen LogP contribution in [0.1, 0.15) is 12.8 Å². The van der Waals surface area contributed by atoms with Gasteiger partial charge in [-0.05, 0) is 25.0 Å². The van der Waals surface area contributed by atoms with Gasteiger partial charge < -0.3 is 14.9 Å². The second kappa shape index (κ2) is 4.51. The largest absolute Gasteiger partial charge is 0.490 e. The van der Waals surface area contributed by atoms with Gasteiger partial charge in [0.05, 0.1) is 0 Å². The first-order valence-corrected chi connectivity index (χ1v) is 5.17. The lowest BCUT2D eigenvalue weighted by Crippen LogP contribution is -2.26. The maximum Gasteiger partial charge on any atom is 0.490 e. The van der Waals surface area contributed by atoms with Crippen molar-refractivity contribution in [3.8, 4) is 0 Å². The van der Waals surface area contributed by atoms with E-state index in [1.54, 1.807) is 6.08 Å². The van der Waals surface area contributed by atoms with Crippen LogP contribution in [0.2, 0.25) is 0 Å². The van der Waals surface area contributed by atoms with Gasteiger partial charge in [0.1, 0.15) is 0 Å². The molecule has 15 heavy (non-hydrogen) atoms. The number of allylic oxidation sites excluding steroid dienone is 6. The lowest BCUT2D eigenvalue weighted by Gasteiger charge is -2.27. The van der Waals surface area contributed by atoms with E-state index < -0.39 is 7.12 Å². The molecule has 2 aliphatic rings. The van der Waals surface area contributed by atoms with Crippen molar-refractivity contribution in [2.75, 3.05) is 6.54 Å². The Morgan fingerprint density at radius 3 is 2.87 bits per heavy atom. The Morgan fingerprint density at radius 2 is 2.07 bits per heavy atom. The van der Waals surface area contributed by atoms with Crippen molar-refractivity contribution in [3.63, 3.8) is 0 Å². The standard InChI is InChI=1S/C11H14BNO2/c14-12(15)10-6-2-1-4-8-13-9-5-3-7-11(10)13/h2-3,5-7,9,14-15H,1,4,8H2/b6-2+,11-10+. The lowest BCUT2D eigenvalue weighted by molar-refractivity contribution is 0.412. The highest BCUT2D eigenvalue weighted by atomic mass is 16.4. The molecule has 0 aromatic heterocycles. The van der Waals surface area contributed by atoms with Crippen LogP contribution in [0.15, 0.2) is 47.7 Å². The lowest BCUT2D eigenvalue weighted by atomic mass is 9.76. The molecule has 2 rings (SSSR count). The first-order valence-electron chi connectivity index (χ1n) is 5.17. The monoisotopic (exact) mass is 203 g/mol. The summed E-state index contributed by atoms with van der Waals surface area (Å²) in [4.78, 5) is 2.05. The molecule has 0 spiro atoms. The first kappa shape index (κ1) is 10.3. The molecule has 2 heterocycles. The van der Waals surface area contributed by atoms with Crippen LogP contribution in [0.25, 0.3) is 0 Å². The van der Waals surface area contributed by atoms with Crippen molar-refractivity contribution in [1.82, 2.24) is 4.90 Å². The summed E-state index contributed by atoms with van der Waals surface area (Å²) in [6.07, 6.45) is 13.6. The van der Waals surface area contributed by atoms with Gasteiger partial charge in [0.15, 0.2) is 0 Å². The summed E-state index contributed by atoms with van der Waals surface area (Å²) in [6, 6.07) is 0. The van der Waals surface area contributed by atoms with Crippen LogP contribution in [0, 0.1) is 0 Å². The van der Waals surface area contributed by atoms with E-state index in [4.69, 9.17) is 0 Å². The van der Waals surface area contributed by atoms with Crippen molar-refractivity contribution >= 4 is 7.12 Å². The van der Waals surface area contributed by atoms with Crippen LogP contribution in [-0.4, -0.2) is 28.6 Å². The zero-order chi connectivity index (χ0) is 10.7. The summed E-state index contributed by atoms with van der Waals surface area (Å²) in [7, 11) is -1.41. The van der Waals surface area contributed by atoms with Crippen LogP contribution in [0.3, 0.4) is 0 Å². The number of nitrogens with zero attached hydrogens (tertiary/aromatic N) is 1. The average molecular weight is 203 g/mol. The van der Waals surface area contributed by atoms with Gasteiger partial charge in [-0.25, -0.2) is 0 Å². The van der Waals surface area contributed by atoms with E-state index in [9.17, 15) is 10.0 Å². The summed E-state index contributed by atoms with van der Waals surface area (Å²) >= 11 is 0. The van der Waals surface area contributed by atoms with E-state index in [-0.39, 0.29) is 0 Å². The molecule has 0 amide bonds. The zero-order valence-electron chi connectivity index (χ0n) is 8.50. The molecule has 0 atom stereocenters. The molecule has 0 aromatic rings. The molecule has 0 fully saturated rings. The van der Waals surface area contributed by atoms with Crippen molar-refractivity contribution in [2.24, 2.45) is 0 Å². The zero-order valence-corrected chi connectivity index (χ0v) is 8.50. The summed E-state index contributed by atoms with van der Waals surface area (Å²) in [6.45, 7) is 0.913. The van der Waals surface area contributed by atoms with E-state index in [0.717, 1.165) is 25.1 Å². The van der Waals surface area contributed by atoms with Gasteiger partial charge in [-0.3, -0.25) is 0 Å². The number of rotatable bonds is 1. The average Bonchev–Trinajstić information content (AvgIpc) is 2.18. The molecule has 0 bridgehead atoms. The maximum atomic E-state index is 9.29. The molecular weight excluding hydrogens is 189 g/mol. The third-order valence-corrected chi connectivity index (χ3v) is 2.58. The fraction of sp³-hybridized carbons (Fsp3) is 0.273. The predicted molar refractivity (Wildman–Crippen MR) is 60.6 cm³/mol. The number of hydrogen-bond donors (Lipinski definition) is 2. The first-order chi connectivity index (χ1) is 7.29. The Morgan fingerprint density at radius 1 is 1.20 bits per heavy atom. The van der Waals surface area contributed by atoms with Crippen LogP contribution < -0.4 is 0 Å². The van der Waals surface area contributed by atoms with E-state index >= 15 is 0 Å². The van der Waals surface area contributed by atoms with E-state index in [2.05, 4.69) is 4.90 Å². The maximum absolute atomic E-state index is 9.29. The van der Waals surface area contributed by atoms with Gasteiger partial charge in [-0.2, -0.15) is 0 Å². The van der Waals surface area contributed by atoms with Crippen LogP contribution in [-0.2, 0) is 0 Å². The van der Waals surface area contributed by atoms with Crippen molar-refractivity contribution in [1.29, 1.82) is 0 Å². The quantitative estimate of drug-likeness (QED) is 0.624. The SMILES string of the molecule is OB(O)C1=C2\C=CC=CN2CCC\C=C\1. The van der Waals surface area contributed by atoms with Crippen LogP contribution >= 0.6 is 0 Å². The van der Waals surface area contributed by atoms with Gasteiger partial charge in [0, 0.05) is 23.9 Å². The second-order valence-electron chi connectivity index (χ2n) is 3.65.